The molecule has 86 valence electrons. The smallest absolute Gasteiger partial charge is 0.311 e. The van der Waals surface area contributed by atoms with Crippen LogP contribution in [-0.4, -0.2) is 10.5 Å². The molecule has 0 aliphatic carbocycles. The lowest BCUT2D eigenvalue weighted by Crippen LogP contribution is -2.27. The highest BCUT2D eigenvalue weighted by Gasteiger charge is 2.44. The molecule has 4 nitrogen and oxygen atoms in total. The van der Waals surface area contributed by atoms with Crippen LogP contribution in [0.4, 0.5) is 5.69 Å². The molecule has 1 aliphatic heterocycles. The van der Waals surface area contributed by atoms with Crippen molar-refractivity contribution >= 4 is 21.6 Å². The van der Waals surface area contributed by atoms with Crippen molar-refractivity contribution in [2.75, 3.05) is 0 Å². The van der Waals surface area contributed by atoms with Crippen LogP contribution in [0.15, 0.2) is 12.1 Å². The first-order valence-electron chi connectivity index (χ1n) is 4.95. The largest absolute Gasteiger partial charge is 0.479 e. The van der Waals surface area contributed by atoms with Gasteiger partial charge >= 0.3 is 5.69 Å². The minimum atomic E-state index is -0.459. The van der Waals surface area contributed by atoms with E-state index in [-0.39, 0.29) is 10.5 Å². The Morgan fingerprint density at radius 1 is 1.50 bits per heavy atom. The van der Waals surface area contributed by atoms with E-state index in [0.29, 0.717) is 5.75 Å². The van der Waals surface area contributed by atoms with Gasteiger partial charge in [0.1, 0.15) is 5.60 Å². The van der Waals surface area contributed by atoms with E-state index in [9.17, 15) is 10.1 Å². The van der Waals surface area contributed by atoms with Crippen LogP contribution in [0.1, 0.15) is 29.8 Å². The highest BCUT2D eigenvalue weighted by atomic mass is 79.9. The van der Waals surface area contributed by atoms with E-state index in [0.717, 1.165) is 11.1 Å². The molecule has 0 spiro atoms. The standard InChI is InChI=1S/C11H12BrNO3/c1-6-4-5-7(13(14)15)9-8(6)10(12)11(2,3)16-9/h4-5,10H,1-3H3/t10-/m1/s1. The number of aryl methyl sites for hydroxylation is 1. The van der Waals surface area contributed by atoms with Crippen LogP contribution in [0.2, 0.25) is 0 Å². The van der Waals surface area contributed by atoms with Crippen molar-refractivity contribution in [1.82, 2.24) is 0 Å². The van der Waals surface area contributed by atoms with Crippen molar-refractivity contribution in [3.63, 3.8) is 0 Å². The maximum absolute atomic E-state index is 10.9. The molecule has 1 aromatic rings. The van der Waals surface area contributed by atoms with E-state index in [1.165, 1.54) is 6.07 Å². The van der Waals surface area contributed by atoms with Gasteiger partial charge in [-0.3, -0.25) is 10.1 Å². The van der Waals surface area contributed by atoms with E-state index in [4.69, 9.17) is 4.74 Å². The van der Waals surface area contributed by atoms with Gasteiger partial charge in [0.15, 0.2) is 0 Å². The average molecular weight is 286 g/mol. The first-order valence-corrected chi connectivity index (χ1v) is 5.87. The van der Waals surface area contributed by atoms with Gasteiger partial charge in [-0.25, -0.2) is 0 Å². The number of alkyl halides is 1. The SMILES string of the molecule is Cc1ccc([N+](=O)[O-])c2c1[C@@H](Br)C(C)(C)O2. The molecule has 5 heteroatoms. The van der Waals surface area contributed by atoms with E-state index in [1.807, 2.05) is 20.8 Å². The molecule has 0 unspecified atom stereocenters. The molecule has 0 saturated carbocycles. The molecule has 0 bridgehead atoms. The number of rotatable bonds is 1. The van der Waals surface area contributed by atoms with E-state index < -0.39 is 10.5 Å². The van der Waals surface area contributed by atoms with Crippen LogP contribution in [-0.2, 0) is 0 Å². The molecule has 0 fully saturated rings. The summed E-state index contributed by atoms with van der Waals surface area (Å²) in [7, 11) is 0. The minimum Gasteiger partial charge on any atom is -0.479 e. The van der Waals surface area contributed by atoms with Crippen molar-refractivity contribution in [3.05, 3.63) is 33.4 Å². The molecule has 0 aromatic heterocycles. The first kappa shape index (κ1) is 11.4. The first-order chi connectivity index (χ1) is 7.34. The van der Waals surface area contributed by atoms with Crippen molar-refractivity contribution in [2.24, 2.45) is 0 Å². The van der Waals surface area contributed by atoms with Crippen LogP contribution in [0.3, 0.4) is 0 Å². The van der Waals surface area contributed by atoms with Crippen LogP contribution in [0.5, 0.6) is 5.75 Å². The number of benzene rings is 1. The summed E-state index contributed by atoms with van der Waals surface area (Å²) in [5, 5.41) is 10.9. The number of fused-ring (bicyclic) bond motifs is 1. The number of hydrogen-bond acceptors (Lipinski definition) is 3. The molecule has 16 heavy (non-hydrogen) atoms. The van der Waals surface area contributed by atoms with Crippen LogP contribution < -0.4 is 4.74 Å². The molecular formula is C11H12BrNO3. The summed E-state index contributed by atoms with van der Waals surface area (Å²) in [6.45, 7) is 5.76. The molecule has 0 N–H and O–H groups in total. The number of halogens is 1. The fourth-order valence-electron chi connectivity index (χ4n) is 1.91. The lowest BCUT2D eigenvalue weighted by atomic mass is 9.97. The van der Waals surface area contributed by atoms with Gasteiger partial charge in [-0.1, -0.05) is 22.0 Å². The highest BCUT2D eigenvalue weighted by molar-refractivity contribution is 9.09. The third-order valence-electron chi connectivity index (χ3n) is 2.82. The lowest BCUT2D eigenvalue weighted by Gasteiger charge is -2.21. The topological polar surface area (TPSA) is 52.4 Å². The number of nitrogens with zero attached hydrogens (tertiary/aromatic N) is 1. The summed E-state index contributed by atoms with van der Waals surface area (Å²) in [5.41, 5.74) is 1.47. The highest BCUT2D eigenvalue weighted by Crippen LogP contribution is 2.52. The second kappa shape index (κ2) is 3.45. The Kier molecular flexibility index (Phi) is 2.45. The summed E-state index contributed by atoms with van der Waals surface area (Å²) in [6.07, 6.45) is 0. The number of hydrogen-bond donors (Lipinski definition) is 0. The minimum absolute atomic E-state index is 0.0186. The fraction of sp³-hybridized carbons (Fsp3) is 0.455. The summed E-state index contributed by atoms with van der Waals surface area (Å²) < 4.78 is 5.69. The summed E-state index contributed by atoms with van der Waals surface area (Å²) in [6, 6.07) is 3.26. The molecular weight excluding hydrogens is 274 g/mol. The van der Waals surface area contributed by atoms with Crippen LogP contribution >= 0.6 is 15.9 Å². The molecule has 0 saturated heterocycles. The summed E-state index contributed by atoms with van der Waals surface area (Å²) >= 11 is 3.55. The van der Waals surface area contributed by atoms with E-state index in [2.05, 4.69) is 15.9 Å². The van der Waals surface area contributed by atoms with Crippen LogP contribution in [0, 0.1) is 17.0 Å². The number of nitro benzene ring substituents is 1. The summed E-state index contributed by atoms with van der Waals surface area (Å²) in [5.74, 6) is 0.400. The van der Waals surface area contributed by atoms with Gasteiger partial charge < -0.3 is 4.74 Å². The Balaban J connectivity index is 2.67. The molecule has 0 amide bonds. The Bertz CT molecular complexity index is 471. The van der Waals surface area contributed by atoms with Gasteiger partial charge in [-0.2, -0.15) is 0 Å². The molecule has 1 atom stereocenters. The lowest BCUT2D eigenvalue weighted by molar-refractivity contribution is -0.386. The zero-order valence-corrected chi connectivity index (χ0v) is 10.9. The van der Waals surface area contributed by atoms with Crippen LogP contribution in [0.25, 0.3) is 0 Å². The Labute approximate surface area is 102 Å². The average Bonchev–Trinajstić information content (AvgIpc) is 2.38. The van der Waals surface area contributed by atoms with Gasteiger partial charge in [0.05, 0.1) is 9.75 Å². The van der Waals surface area contributed by atoms with E-state index >= 15 is 0 Å². The van der Waals surface area contributed by atoms with Gasteiger partial charge in [-0.15, -0.1) is 0 Å². The Hall–Kier alpha value is -1.10. The molecule has 0 radical (unpaired) electrons. The third kappa shape index (κ3) is 1.50. The molecule has 2 rings (SSSR count). The maximum atomic E-state index is 10.9. The summed E-state index contributed by atoms with van der Waals surface area (Å²) in [4.78, 5) is 10.5. The van der Waals surface area contributed by atoms with Crippen molar-refractivity contribution in [3.8, 4) is 5.75 Å². The Morgan fingerprint density at radius 3 is 2.69 bits per heavy atom. The zero-order valence-electron chi connectivity index (χ0n) is 9.28. The fourth-order valence-corrected chi connectivity index (χ4v) is 2.58. The quantitative estimate of drug-likeness (QED) is 0.451. The molecule has 1 aromatic carbocycles. The zero-order chi connectivity index (χ0) is 12.1. The van der Waals surface area contributed by atoms with Crippen molar-refractivity contribution in [2.45, 2.75) is 31.2 Å². The van der Waals surface area contributed by atoms with Gasteiger partial charge in [-0.05, 0) is 26.3 Å². The normalized spacial score (nSPS) is 21.4. The van der Waals surface area contributed by atoms with Gasteiger partial charge in [0.25, 0.3) is 0 Å². The van der Waals surface area contributed by atoms with Gasteiger partial charge in [0.2, 0.25) is 5.75 Å². The molecule has 1 aliphatic rings. The van der Waals surface area contributed by atoms with E-state index in [1.54, 1.807) is 6.07 Å². The molecule has 1 heterocycles. The van der Waals surface area contributed by atoms with Crippen molar-refractivity contribution in [1.29, 1.82) is 0 Å². The van der Waals surface area contributed by atoms with Crippen molar-refractivity contribution < 1.29 is 9.66 Å². The predicted octanol–water partition coefficient (Wildman–Crippen LogP) is 3.51. The second-order valence-corrected chi connectivity index (χ2v) is 5.39. The number of ether oxygens (including phenoxy) is 1. The van der Waals surface area contributed by atoms with Gasteiger partial charge in [0, 0.05) is 11.6 Å². The maximum Gasteiger partial charge on any atom is 0.311 e. The number of nitro groups is 1. The second-order valence-electron chi connectivity index (χ2n) is 4.47. The third-order valence-corrected chi connectivity index (χ3v) is 4.38. The predicted molar refractivity (Wildman–Crippen MR) is 64.2 cm³/mol. The Morgan fingerprint density at radius 2 is 2.12 bits per heavy atom. The monoisotopic (exact) mass is 285 g/mol.